The molecule has 0 saturated heterocycles. The maximum absolute atomic E-state index is 12.0. The van der Waals surface area contributed by atoms with E-state index in [1.807, 2.05) is 0 Å². The SMILES string of the molecule is O=Cc1cc(Cl)ncc1OS(=O)(=O)C(F)(F)F. The number of pyridine rings is 1. The molecule has 0 atom stereocenters. The Morgan fingerprint density at radius 3 is 2.47 bits per heavy atom. The van der Waals surface area contributed by atoms with Crippen molar-refractivity contribution in [3.8, 4) is 5.75 Å². The van der Waals surface area contributed by atoms with Crippen molar-refractivity contribution in [2.45, 2.75) is 5.51 Å². The van der Waals surface area contributed by atoms with Crippen molar-refractivity contribution in [1.82, 2.24) is 4.98 Å². The van der Waals surface area contributed by atoms with E-state index in [9.17, 15) is 26.4 Å². The molecule has 0 bridgehead atoms. The van der Waals surface area contributed by atoms with Gasteiger partial charge in [0, 0.05) is 0 Å². The summed E-state index contributed by atoms with van der Waals surface area (Å²) in [6.07, 6.45) is 0.699. The quantitative estimate of drug-likeness (QED) is 0.367. The summed E-state index contributed by atoms with van der Waals surface area (Å²) < 4.78 is 61.0. The third kappa shape index (κ3) is 3.07. The minimum absolute atomic E-state index is 0.0921. The lowest BCUT2D eigenvalue weighted by Gasteiger charge is -2.10. The van der Waals surface area contributed by atoms with Crippen molar-refractivity contribution in [3.05, 3.63) is 23.0 Å². The van der Waals surface area contributed by atoms with Gasteiger partial charge in [-0.3, -0.25) is 4.79 Å². The number of carbonyl (C=O) groups is 1. The van der Waals surface area contributed by atoms with Crippen LogP contribution in [0.25, 0.3) is 0 Å². The van der Waals surface area contributed by atoms with Crippen LogP contribution in [0.3, 0.4) is 0 Å². The van der Waals surface area contributed by atoms with Crippen LogP contribution in [0, 0.1) is 0 Å². The van der Waals surface area contributed by atoms with E-state index in [4.69, 9.17) is 11.6 Å². The highest BCUT2D eigenvalue weighted by atomic mass is 35.5. The van der Waals surface area contributed by atoms with Crippen molar-refractivity contribution in [3.63, 3.8) is 0 Å². The Morgan fingerprint density at radius 2 is 2.00 bits per heavy atom. The Balaban J connectivity index is 3.17. The van der Waals surface area contributed by atoms with Gasteiger partial charge in [0.05, 0.1) is 11.8 Å². The summed E-state index contributed by atoms with van der Waals surface area (Å²) >= 11 is 5.36. The molecule has 17 heavy (non-hydrogen) atoms. The van der Waals surface area contributed by atoms with Gasteiger partial charge in [0.2, 0.25) is 0 Å². The molecule has 1 heterocycles. The average molecular weight is 290 g/mol. The number of carbonyl (C=O) groups excluding carboxylic acids is 1. The second-order valence-electron chi connectivity index (χ2n) is 2.65. The number of halogens is 4. The molecule has 0 radical (unpaired) electrons. The van der Waals surface area contributed by atoms with Crippen LogP contribution in [0.5, 0.6) is 5.75 Å². The largest absolute Gasteiger partial charge is 0.534 e. The lowest BCUT2D eigenvalue weighted by molar-refractivity contribution is -0.0500. The highest BCUT2D eigenvalue weighted by molar-refractivity contribution is 7.88. The second kappa shape index (κ2) is 4.49. The van der Waals surface area contributed by atoms with E-state index in [1.54, 1.807) is 0 Å². The molecule has 1 aromatic heterocycles. The highest BCUT2D eigenvalue weighted by Gasteiger charge is 2.48. The Bertz CT molecular complexity index is 543. The number of hydrogen-bond acceptors (Lipinski definition) is 5. The zero-order valence-electron chi connectivity index (χ0n) is 7.73. The van der Waals surface area contributed by atoms with Crippen molar-refractivity contribution in [2.75, 3.05) is 0 Å². The van der Waals surface area contributed by atoms with Crippen molar-refractivity contribution in [2.24, 2.45) is 0 Å². The minimum atomic E-state index is -5.84. The number of aromatic nitrogens is 1. The summed E-state index contributed by atoms with van der Waals surface area (Å²) in [5, 5.41) is -0.191. The van der Waals surface area contributed by atoms with Crippen LogP contribution < -0.4 is 4.18 Å². The third-order valence-corrected chi connectivity index (χ3v) is 2.65. The summed E-state index contributed by atoms with van der Waals surface area (Å²) in [5.74, 6) is -0.846. The summed E-state index contributed by atoms with van der Waals surface area (Å²) in [6, 6.07) is 0.871. The smallest absolute Gasteiger partial charge is 0.374 e. The molecule has 0 saturated carbocycles. The van der Waals surface area contributed by atoms with E-state index in [0.29, 0.717) is 6.20 Å². The van der Waals surface area contributed by atoms with E-state index in [2.05, 4.69) is 9.17 Å². The van der Waals surface area contributed by atoms with Gasteiger partial charge < -0.3 is 4.18 Å². The van der Waals surface area contributed by atoms with Crippen LogP contribution >= 0.6 is 11.6 Å². The number of hydrogen-bond donors (Lipinski definition) is 0. The summed E-state index contributed by atoms with van der Waals surface area (Å²) in [5.41, 5.74) is -6.05. The number of aldehydes is 1. The Hall–Kier alpha value is -1.35. The lowest BCUT2D eigenvalue weighted by atomic mass is 10.3. The van der Waals surface area contributed by atoms with E-state index in [-0.39, 0.29) is 11.4 Å². The normalized spacial score (nSPS) is 12.2. The molecule has 1 rings (SSSR count). The monoisotopic (exact) mass is 289 g/mol. The van der Waals surface area contributed by atoms with Crippen LogP contribution in [0.4, 0.5) is 13.2 Å². The standard InChI is InChI=1S/C7H3ClF3NO4S/c8-6-1-4(3-13)5(2-12-6)16-17(14,15)7(9,10)11/h1-3H. The van der Waals surface area contributed by atoms with E-state index >= 15 is 0 Å². The molecular formula is C7H3ClF3NO4S. The highest BCUT2D eigenvalue weighted by Crippen LogP contribution is 2.28. The zero-order valence-corrected chi connectivity index (χ0v) is 9.30. The van der Waals surface area contributed by atoms with Gasteiger partial charge in [0.1, 0.15) is 5.15 Å². The van der Waals surface area contributed by atoms with E-state index in [1.165, 1.54) is 0 Å². The van der Waals surface area contributed by atoms with Crippen LogP contribution in [0.15, 0.2) is 12.3 Å². The summed E-state index contributed by atoms with van der Waals surface area (Å²) in [7, 11) is -5.84. The van der Waals surface area contributed by atoms with E-state index in [0.717, 1.165) is 6.07 Å². The molecule has 94 valence electrons. The number of nitrogens with zero attached hydrogens (tertiary/aromatic N) is 1. The zero-order chi connectivity index (χ0) is 13.3. The molecule has 10 heteroatoms. The lowest BCUT2D eigenvalue weighted by Crippen LogP contribution is -2.28. The molecular weight excluding hydrogens is 287 g/mol. The van der Waals surface area contributed by atoms with Gasteiger partial charge in [-0.25, -0.2) is 4.98 Å². The fourth-order valence-corrected chi connectivity index (χ4v) is 1.40. The summed E-state index contributed by atoms with van der Waals surface area (Å²) in [6.45, 7) is 0. The second-order valence-corrected chi connectivity index (χ2v) is 4.57. The van der Waals surface area contributed by atoms with Crippen LogP contribution in [-0.2, 0) is 10.1 Å². The Kier molecular flexibility index (Phi) is 3.62. The predicted molar refractivity (Wildman–Crippen MR) is 50.2 cm³/mol. The van der Waals surface area contributed by atoms with Crippen LogP contribution in [-0.4, -0.2) is 25.2 Å². The third-order valence-electron chi connectivity index (χ3n) is 1.47. The first-order valence-corrected chi connectivity index (χ1v) is 5.57. The molecule has 0 aromatic carbocycles. The molecule has 1 aromatic rings. The molecule has 0 aliphatic rings. The maximum atomic E-state index is 12.0. The predicted octanol–water partition coefficient (Wildman–Crippen LogP) is 1.78. The first-order chi connectivity index (χ1) is 7.67. The molecule has 0 aliphatic carbocycles. The van der Waals surface area contributed by atoms with Gasteiger partial charge in [-0.1, -0.05) is 11.6 Å². The Labute approximate surface area is 98.3 Å². The number of alkyl halides is 3. The van der Waals surface area contributed by atoms with Gasteiger partial charge in [-0.2, -0.15) is 21.6 Å². The van der Waals surface area contributed by atoms with Crippen LogP contribution in [0.2, 0.25) is 5.15 Å². The van der Waals surface area contributed by atoms with Crippen molar-refractivity contribution in [1.29, 1.82) is 0 Å². The van der Waals surface area contributed by atoms with Gasteiger partial charge in [0.25, 0.3) is 0 Å². The summed E-state index contributed by atoms with van der Waals surface area (Å²) in [4.78, 5) is 13.8. The minimum Gasteiger partial charge on any atom is -0.374 e. The van der Waals surface area contributed by atoms with Crippen LogP contribution in [0.1, 0.15) is 10.4 Å². The van der Waals surface area contributed by atoms with Crippen molar-refractivity contribution >= 4 is 28.0 Å². The van der Waals surface area contributed by atoms with Crippen molar-refractivity contribution < 1.29 is 30.6 Å². The van der Waals surface area contributed by atoms with Gasteiger partial charge in [0.15, 0.2) is 12.0 Å². The first-order valence-electron chi connectivity index (χ1n) is 3.79. The number of rotatable bonds is 3. The molecule has 0 N–H and O–H groups in total. The molecule has 0 spiro atoms. The molecule has 0 aliphatic heterocycles. The topological polar surface area (TPSA) is 73.3 Å². The molecule has 0 unspecified atom stereocenters. The van der Waals surface area contributed by atoms with Gasteiger partial charge in [-0.05, 0) is 6.07 Å². The van der Waals surface area contributed by atoms with Gasteiger partial charge >= 0.3 is 15.6 Å². The maximum Gasteiger partial charge on any atom is 0.534 e. The molecule has 0 amide bonds. The Morgan fingerprint density at radius 1 is 1.41 bits per heavy atom. The fourth-order valence-electron chi connectivity index (χ4n) is 0.759. The van der Waals surface area contributed by atoms with E-state index < -0.39 is 26.9 Å². The molecule has 0 fully saturated rings. The average Bonchev–Trinajstić information content (AvgIpc) is 2.18. The first kappa shape index (κ1) is 13.7. The van der Waals surface area contributed by atoms with Gasteiger partial charge in [-0.15, -0.1) is 0 Å². The fraction of sp³-hybridized carbons (Fsp3) is 0.143. The molecule has 5 nitrogen and oxygen atoms in total.